The van der Waals surface area contributed by atoms with Crippen LogP contribution in [0.3, 0.4) is 0 Å². The van der Waals surface area contributed by atoms with Gasteiger partial charge in [-0.3, -0.25) is 0 Å². The summed E-state index contributed by atoms with van der Waals surface area (Å²) in [6.07, 6.45) is -4.61. The third kappa shape index (κ3) is 2.71. The molecule has 24 heavy (non-hydrogen) atoms. The lowest BCUT2D eigenvalue weighted by atomic mass is 9.89. The first-order valence-corrected chi connectivity index (χ1v) is 7.53. The lowest BCUT2D eigenvalue weighted by molar-refractivity contribution is -0.191. The van der Waals surface area contributed by atoms with Crippen LogP contribution in [0.5, 0.6) is 0 Å². The molecule has 1 unspecified atom stereocenters. The highest BCUT2D eigenvalue weighted by atomic mass is 35.5. The average Bonchev–Trinajstić information content (AvgIpc) is 2.97. The van der Waals surface area contributed by atoms with Crippen LogP contribution < -0.4 is 5.73 Å². The Hall–Kier alpha value is -2.21. The molecule has 0 aliphatic carbocycles. The molecule has 126 valence electrons. The number of benzene rings is 2. The second kappa shape index (κ2) is 5.70. The molecule has 0 saturated heterocycles. The van der Waals surface area contributed by atoms with Crippen molar-refractivity contribution in [3.05, 3.63) is 64.2 Å². The molecule has 1 aliphatic heterocycles. The summed E-state index contributed by atoms with van der Waals surface area (Å²) in [6, 6.07) is 10.5. The summed E-state index contributed by atoms with van der Waals surface area (Å²) in [5.74, 6) is -0.0570. The first-order valence-electron chi connectivity index (χ1n) is 7.15. The molecule has 0 spiro atoms. The number of hydrogen-bond acceptors (Lipinski definition) is 3. The van der Waals surface area contributed by atoms with Gasteiger partial charge in [-0.25, -0.2) is 4.99 Å². The van der Waals surface area contributed by atoms with E-state index < -0.39 is 18.3 Å². The molecule has 1 atom stereocenters. The molecule has 0 amide bonds. The predicted molar refractivity (Wildman–Crippen MR) is 87.3 cm³/mol. The van der Waals surface area contributed by atoms with Crippen LogP contribution in [-0.2, 0) is 10.3 Å². The minimum Gasteiger partial charge on any atom is -0.474 e. The maximum Gasteiger partial charge on any atom is 0.421 e. The maximum atomic E-state index is 13.8. The van der Waals surface area contributed by atoms with Crippen LogP contribution >= 0.6 is 11.6 Å². The highest BCUT2D eigenvalue weighted by Crippen LogP contribution is 2.46. The van der Waals surface area contributed by atoms with Gasteiger partial charge in [0.15, 0.2) is 0 Å². The van der Waals surface area contributed by atoms with Crippen LogP contribution in [-0.4, -0.2) is 18.7 Å². The fourth-order valence-corrected chi connectivity index (χ4v) is 2.67. The van der Waals surface area contributed by atoms with Crippen molar-refractivity contribution < 1.29 is 17.9 Å². The van der Waals surface area contributed by atoms with Crippen LogP contribution in [0.1, 0.15) is 16.7 Å². The normalized spacial score (nSPS) is 20.6. The van der Waals surface area contributed by atoms with E-state index in [4.69, 9.17) is 22.1 Å². The second-order valence-electron chi connectivity index (χ2n) is 5.64. The van der Waals surface area contributed by atoms with Crippen molar-refractivity contribution in [2.45, 2.75) is 18.6 Å². The van der Waals surface area contributed by atoms with Gasteiger partial charge in [-0.2, -0.15) is 13.2 Å². The highest BCUT2D eigenvalue weighted by Gasteiger charge is 2.60. The Kier molecular flexibility index (Phi) is 3.95. The van der Waals surface area contributed by atoms with Crippen LogP contribution in [0.2, 0.25) is 5.02 Å². The SMILES string of the molecule is Cc1cc(C2(C(F)(F)F)COC(c3ccc(Cl)cc3)=N2)ccc1N. The number of nitrogens with two attached hydrogens (primary N) is 1. The molecule has 2 aromatic rings. The Balaban J connectivity index is 2.11. The molecule has 3 nitrogen and oxygen atoms in total. The van der Waals surface area contributed by atoms with Crippen molar-refractivity contribution in [2.24, 2.45) is 4.99 Å². The van der Waals surface area contributed by atoms with E-state index in [1.165, 1.54) is 18.2 Å². The molecule has 1 heterocycles. The van der Waals surface area contributed by atoms with Crippen LogP contribution in [0.15, 0.2) is 47.5 Å². The molecule has 0 radical (unpaired) electrons. The minimum absolute atomic E-state index is 0.00524. The maximum absolute atomic E-state index is 13.8. The number of alkyl halides is 3. The van der Waals surface area contributed by atoms with Gasteiger partial charge < -0.3 is 10.5 Å². The third-order valence-corrected chi connectivity index (χ3v) is 4.27. The fraction of sp³-hybridized carbons (Fsp3) is 0.235. The molecule has 1 aliphatic rings. The Morgan fingerprint density at radius 1 is 1.17 bits per heavy atom. The lowest BCUT2D eigenvalue weighted by Gasteiger charge is -2.27. The number of nitrogen functional groups attached to an aromatic ring is 1. The first kappa shape index (κ1) is 16.6. The zero-order chi connectivity index (χ0) is 17.5. The summed E-state index contributed by atoms with van der Waals surface area (Å²) in [7, 11) is 0. The Bertz CT molecular complexity index is 802. The van der Waals surface area contributed by atoms with E-state index in [0.29, 0.717) is 21.8 Å². The Morgan fingerprint density at radius 3 is 2.42 bits per heavy atom. The van der Waals surface area contributed by atoms with Crippen molar-refractivity contribution in [3.63, 3.8) is 0 Å². The van der Waals surface area contributed by atoms with Crippen molar-refractivity contribution >= 4 is 23.2 Å². The Morgan fingerprint density at radius 2 is 1.83 bits per heavy atom. The van der Waals surface area contributed by atoms with E-state index in [0.717, 1.165) is 0 Å². The van der Waals surface area contributed by atoms with E-state index in [-0.39, 0.29) is 11.5 Å². The molecule has 0 fully saturated rings. The molecule has 0 aromatic heterocycles. The van der Waals surface area contributed by atoms with Gasteiger partial charge in [0, 0.05) is 16.3 Å². The summed E-state index contributed by atoms with van der Waals surface area (Å²) in [4.78, 5) is 3.92. The van der Waals surface area contributed by atoms with Crippen molar-refractivity contribution in [1.82, 2.24) is 0 Å². The summed E-state index contributed by atoms with van der Waals surface area (Å²) in [5.41, 5.74) is 4.70. The Labute approximate surface area is 141 Å². The summed E-state index contributed by atoms with van der Waals surface area (Å²) >= 11 is 5.80. The van der Waals surface area contributed by atoms with Crippen LogP contribution in [0.4, 0.5) is 18.9 Å². The number of halogens is 4. The number of hydrogen-bond donors (Lipinski definition) is 1. The molecule has 2 aromatic carbocycles. The van der Waals surface area contributed by atoms with Gasteiger partial charge >= 0.3 is 6.18 Å². The molecule has 7 heteroatoms. The van der Waals surface area contributed by atoms with E-state index in [2.05, 4.69) is 4.99 Å². The number of anilines is 1. The molecule has 0 bridgehead atoms. The van der Waals surface area contributed by atoms with Gasteiger partial charge in [0.25, 0.3) is 0 Å². The van der Waals surface area contributed by atoms with Gasteiger partial charge in [-0.05, 0) is 48.4 Å². The van der Waals surface area contributed by atoms with Crippen molar-refractivity contribution in [2.75, 3.05) is 12.3 Å². The number of rotatable bonds is 2. The highest BCUT2D eigenvalue weighted by molar-refractivity contribution is 6.30. The van der Waals surface area contributed by atoms with E-state index in [1.807, 2.05) is 0 Å². The van der Waals surface area contributed by atoms with Gasteiger partial charge in [0.05, 0.1) is 0 Å². The zero-order valence-corrected chi connectivity index (χ0v) is 13.4. The standard InChI is InChI=1S/C17H14ClF3N2O/c1-10-8-12(4-7-14(10)22)16(17(19,20)21)9-24-15(23-16)11-2-5-13(18)6-3-11/h2-8H,9,22H2,1H3. The average molecular weight is 355 g/mol. The van der Waals surface area contributed by atoms with Gasteiger partial charge in [-0.1, -0.05) is 23.7 Å². The van der Waals surface area contributed by atoms with Crippen molar-refractivity contribution in [3.8, 4) is 0 Å². The van der Waals surface area contributed by atoms with Crippen molar-refractivity contribution in [1.29, 1.82) is 0 Å². The van der Waals surface area contributed by atoms with Gasteiger partial charge in [-0.15, -0.1) is 0 Å². The zero-order valence-electron chi connectivity index (χ0n) is 12.7. The number of nitrogens with zero attached hydrogens (tertiary/aromatic N) is 1. The molecule has 2 N–H and O–H groups in total. The smallest absolute Gasteiger partial charge is 0.421 e. The molecular weight excluding hydrogens is 341 g/mol. The summed E-state index contributed by atoms with van der Waals surface area (Å²) in [6.45, 7) is 1.04. The number of aryl methyl sites for hydroxylation is 1. The minimum atomic E-state index is -4.61. The number of ether oxygens (including phenoxy) is 1. The largest absolute Gasteiger partial charge is 0.474 e. The fourth-order valence-electron chi connectivity index (χ4n) is 2.54. The van der Waals surface area contributed by atoms with Crippen LogP contribution in [0.25, 0.3) is 0 Å². The van der Waals surface area contributed by atoms with E-state index in [1.54, 1.807) is 31.2 Å². The topological polar surface area (TPSA) is 47.6 Å². The van der Waals surface area contributed by atoms with Crippen LogP contribution in [0, 0.1) is 6.92 Å². The quantitative estimate of drug-likeness (QED) is 0.809. The summed E-state index contributed by atoms with van der Waals surface area (Å²) in [5, 5.41) is 0.480. The molecule has 3 rings (SSSR count). The second-order valence-corrected chi connectivity index (χ2v) is 6.08. The molecule has 0 saturated carbocycles. The third-order valence-electron chi connectivity index (χ3n) is 4.02. The molecular formula is C17H14ClF3N2O. The monoisotopic (exact) mass is 354 g/mol. The van der Waals surface area contributed by atoms with E-state index in [9.17, 15) is 13.2 Å². The van der Waals surface area contributed by atoms with Gasteiger partial charge in [0.1, 0.15) is 6.61 Å². The number of aliphatic imine (C=N–C) groups is 1. The summed E-state index contributed by atoms with van der Waals surface area (Å²) < 4.78 is 46.8. The van der Waals surface area contributed by atoms with Gasteiger partial charge in [0.2, 0.25) is 11.4 Å². The lowest BCUT2D eigenvalue weighted by Crippen LogP contribution is -2.42. The predicted octanol–water partition coefficient (Wildman–Crippen LogP) is 4.47. The van der Waals surface area contributed by atoms with E-state index >= 15 is 0 Å². The first-order chi connectivity index (χ1) is 11.2.